The predicted octanol–water partition coefficient (Wildman–Crippen LogP) is 1.14. The van der Waals surface area contributed by atoms with Gasteiger partial charge in [0.1, 0.15) is 11.0 Å². The van der Waals surface area contributed by atoms with Gasteiger partial charge in [-0.05, 0) is 5.92 Å². The quantitative estimate of drug-likeness (QED) is 0.676. The van der Waals surface area contributed by atoms with Crippen molar-refractivity contribution in [2.45, 2.75) is 20.0 Å². The summed E-state index contributed by atoms with van der Waals surface area (Å²) in [5, 5.41) is 12.8. The molecule has 15 heavy (non-hydrogen) atoms. The van der Waals surface area contributed by atoms with Crippen molar-refractivity contribution in [2.75, 3.05) is 17.6 Å². The van der Waals surface area contributed by atoms with Crippen molar-refractivity contribution in [1.82, 2.24) is 9.97 Å². The van der Waals surface area contributed by atoms with Crippen molar-refractivity contribution in [3.63, 3.8) is 0 Å². The standard InChI is InChI=1S/C9H15ClN4O/c1-5(2)6(15)4-12-8-3-7(10)13-9(11)14-8/h3,5-6,15H,4H2,1-2H3,(H3,11,12,13,14). The minimum Gasteiger partial charge on any atom is -0.391 e. The molecule has 0 bridgehead atoms. The molecular weight excluding hydrogens is 216 g/mol. The van der Waals surface area contributed by atoms with E-state index in [1.165, 1.54) is 0 Å². The number of nitrogen functional groups attached to an aromatic ring is 1. The van der Waals surface area contributed by atoms with Crippen LogP contribution in [0.1, 0.15) is 13.8 Å². The lowest BCUT2D eigenvalue weighted by molar-refractivity contribution is 0.138. The van der Waals surface area contributed by atoms with Gasteiger partial charge in [0.05, 0.1) is 6.10 Å². The number of halogens is 1. The van der Waals surface area contributed by atoms with Crippen molar-refractivity contribution in [3.05, 3.63) is 11.2 Å². The summed E-state index contributed by atoms with van der Waals surface area (Å²) in [6.07, 6.45) is -0.431. The minimum atomic E-state index is -0.431. The lowest BCUT2D eigenvalue weighted by Gasteiger charge is -2.15. The Morgan fingerprint density at radius 3 is 2.73 bits per heavy atom. The van der Waals surface area contributed by atoms with Gasteiger partial charge in [-0.25, -0.2) is 4.98 Å². The fraction of sp³-hybridized carbons (Fsp3) is 0.556. The molecule has 0 amide bonds. The molecule has 0 spiro atoms. The zero-order chi connectivity index (χ0) is 11.4. The number of rotatable bonds is 4. The molecule has 1 atom stereocenters. The largest absolute Gasteiger partial charge is 0.391 e. The SMILES string of the molecule is CC(C)C(O)CNc1cc(Cl)nc(N)n1. The Morgan fingerprint density at radius 2 is 2.20 bits per heavy atom. The Morgan fingerprint density at radius 1 is 1.53 bits per heavy atom. The summed E-state index contributed by atoms with van der Waals surface area (Å²) in [7, 11) is 0. The van der Waals surface area contributed by atoms with Crippen LogP contribution in [0.4, 0.5) is 11.8 Å². The fourth-order valence-corrected chi connectivity index (χ4v) is 1.16. The molecule has 84 valence electrons. The molecule has 0 saturated heterocycles. The van der Waals surface area contributed by atoms with Gasteiger partial charge in [-0.2, -0.15) is 4.98 Å². The van der Waals surface area contributed by atoms with Crippen LogP contribution in [0.5, 0.6) is 0 Å². The van der Waals surface area contributed by atoms with Crippen LogP contribution in [0.15, 0.2) is 6.07 Å². The van der Waals surface area contributed by atoms with Crippen LogP contribution in [0.25, 0.3) is 0 Å². The molecule has 1 aromatic heterocycles. The highest BCUT2D eigenvalue weighted by Gasteiger charge is 2.09. The number of nitrogens with one attached hydrogen (secondary N) is 1. The van der Waals surface area contributed by atoms with E-state index >= 15 is 0 Å². The minimum absolute atomic E-state index is 0.115. The maximum Gasteiger partial charge on any atom is 0.223 e. The molecule has 0 aromatic carbocycles. The Balaban J connectivity index is 2.57. The highest BCUT2D eigenvalue weighted by Crippen LogP contribution is 2.12. The second kappa shape index (κ2) is 5.14. The van der Waals surface area contributed by atoms with E-state index in [4.69, 9.17) is 17.3 Å². The normalized spacial score (nSPS) is 12.9. The maximum absolute atomic E-state index is 9.56. The molecule has 1 aromatic rings. The summed E-state index contributed by atoms with van der Waals surface area (Å²) < 4.78 is 0. The average Bonchev–Trinajstić information content (AvgIpc) is 2.12. The van der Waals surface area contributed by atoms with Gasteiger partial charge < -0.3 is 16.2 Å². The molecule has 5 nitrogen and oxygen atoms in total. The van der Waals surface area contributed by atoms with Crippen molar-refractivity contribution in [2.24, 2.45) is 5.92 Å². The molecule has 0 fully saturated rings. The number of hydrogen-bond donors (Lipinski definition) is 3. The lowest BCUT2D eigenvalue weighted by atomic mass is 10.1. The number of anilines is 2. The summed E-state index contributed by atoms with van der Waals surface area (Å²) in [5.74, 6) is 0.823. The highest BCUT2D eigenvalue weighted by molar-refractivity contribution is 6.29. The predicted molar refractivity (Wildman–Crippen MR) is 60.8 cm³/mol. The Bertz CT molecular complexity index is 312. The lowest BCUT2D eigenvalue weighted by Crippen LogP contribution is -2.25. The third kappa shape index (κ3) is 3.89. The first-order valence-corrected chi connectivity index (χ1v) is 5.09. The van der Waals surface area contributed by atoms with Crippen molar-refractivity contribution in [1.29, 1.82) is 0 Å². The summed E-state index contributed by atoms with van der Waals surface area (Å²) in [5.41, 5.74) is 5.42. The Kier molecular flexibility index (Phi) is 4.11. The van der Waals surface area contributed by atoms with Crippen molar-refractivity contribution >= 4 is 23.4 Å². The van der Waals surface area contributed by atoms with Gasteiger partial charge >= 0.3 is 0 Å². The second-order valence-electron chi connectivity index (χ2n) is 3.63. The molecule has 1 unspecified atom stereocenters. The molecule has 4 N–H and O–H groups in total. The topological polar surface area (TPSA) is 84.1 Å². The van der Waals surface area contributed by atoms with Crippen LogP contribution >= 0.6 is 11.6 Å². The summed E-state index contributed by atoms with van der Waals surface area (Å²) >= 11 is 5.69. The molecule has 1 rings (SSSR count). The monoisotopic (exact) mass is 230 g/mol. The molecule has 1 heterocycles. The number of aliphatic hydroxyl groups is 1. The third-order valence-electron chi connectivity index (χ3n) is 1.97. The van der Waals surface area contributed by atoms with Crippen LogP contribution in [-0.4, -0.2) is 27.7 Å². The van der Waals surface area contributed by atoms with Crippen LogP contribution in [0.3, 0.4) is 0 Å². The van der Waals surface area contributed by atoms with Gasteiger partial charge in [-0.15, -0.1) is 0 Å². The average molecular weight is 231 g/mol. The van der Waals surface area contributed by atoms with E-state index in [9.17, 15) is 5.11 Å². The first-order valence-electron chi connectivity index (χ1n) is 4.71. The maximum atomic E-state index is 9.56. The summed E-state index contributed by atoms with van der Waals surface area (Å²) in [6, 6.07) is 1.56. The summed E-state index contributed by atoms with van der Waals surface area (Å²) in [6.45, 7) is 4.28. The first-order chi connectivity index (χ1) is 6.99. The van der Waals surface area contributed by atoms with Crippen LogP contribution in [-0.2, 0) is 0 Å². The van der Waals surface area contributed by atoms with E-state index in [2.05, 4.69) is 15.3 Å². The molecule has 6 heteroatoms. The second-order valence-corrected chi connectivity index (χ2v) is 4.01. The van der Waals surface area contributed by atoms with Crippen molar-refractivity contribution in [3.8, 4) is 0 Å². The van der Waals surface area contributed by atoms with Gasteiger partial charge in [0.25, 0.3) is 0 Å². The number of hydrogen-bond acceptors (Lipinski definition) is 5. The van der Waals surface area contributed by atoms with Crippen molar-refractivity contribution < 1.29 is 5.11 Å². The van der Waals surface area contributed by atoms with Crippen LogP contribution in [0, 0.1) is 5.92 Å². The first kappa shape index (κ1) is 12.0. The van der Waals surface area contributed by atoms with E-state index in [-0.39, 0.29) is 17.0 Å². The van der Waals surface area contributed by atoms with E-state index in [0.29, 0.717) is 12.4 Å². The zero-order valence-corrected chi connectivity index (χ0v) is 9.49. The number of aliphatic hydroxyl groups excluding tert-OH is 1. The number of nitrogens with zero attached hydrogens (tertiary/aromatic N) is 2. The Labute approximate surface area is 93.7 Å². The van der Waals surface area contributed by atoms with Gasteiger partial charge in [0.2, 0.25) is 5.95 Å². The molecular formula is C9H15ClN4O. The van der Waals surface area contributed by atoms with Gasteiger partial charge in [-0.3, -0.25) is 0 Å². The molecule has 0 aliphatic heterocycles. The van der Waals surface area contributed by atoms with E-state index in [0.717, 1.165) is 0 Å². The Hall–Kier alpha value is -1.07. The third-order valence-corrected chi connectivity index (χ3v) is 2.17. The van der Waals surface area contributed by atoms with Gasteiger partial charge in [0.15, 0.2) is 0 Å². The highest BCUT2D eigenvalue weighted by atomic mass is 35.5. The van der Waals surface area contributed by atoms with E-state index in [1.807, 2.05) is 13.8 Å². The van der Waals surface area contributed by atoms with E-state index < -0.39 is 6.10 Å². The number of nitrogens with two attached hydrogens (primary N) is 1. The summed E-state index contributed by atoms with van der Waals surface area (Å²) in [4.78, 5) is 7.65. The van der Waals surface area contributed by atoms with Gasteiger partial charge in [-0.1, -0.05) is 25.4 Å². The smallest absolute Gasteiger partial charge is 0.223 e. The van der Waals surface area contributed by atoms with Gasteiger partial charge in [0, 0.05) is 12.6 Å². The van der Waals surface area contributed by atoms with Crippen LogP contribution in [0.2, 0.25) is 5.15 Å². The molecule has 0 aliphatic carbocycles. The van der Waals surface area contributed by atoms with Crippen LogP contribution < -0.4 is 11.1 Å². The molecule has 0 radical (unpaired) electrons. The fourth-order valence-electron chi connectivity index (χ4n) is 0.971. The zero-order valence-electron chi connectivity index (χ0n) is 8.74. The van der Waals surface area contributed by atoms with E-state index in [1.54, 1.807) is 6.07 Å². The molecule has 0 saturated carbocycles. The number of aromatic nitrogens is 2. The molecule has 0 aliphatic rings.